The van der Waals surface area contributed by atoms with Crippen LogP contribution in [0.3, 0.4) is 0 Å². The SMILES string of the molecule is Cc1ccc2c(COC(=O)c3cc(O)c4ccccc4c3O)cc(=O)oc2c1. The van der Waals surface area contributed by atoms with E-state index in [1.807, 2.05) is 13.0 Å². The van der Waals surface area contributed by atoms with Gasteiger partial charge in [-0.25, -0.2) is 9.59 Å². The van der Waals surface area contributed by atoms with Gasteiger partial charge in [0.25, 0.3) is 0 Å². The number of rotatable bonds is 3. The molecule has 0 aliphatic rings. The lowest BCUT2D eigenvalue weighted by Gasteiger charge is -2.11. The smallest absolute Gasteiger partial charge is 0.342 e. The normalized spacial score (nSPS) is 11.0. The number of fused-ring (bicyclic) bond motifs is 2. The van der Waals surface area contributed by atoms with Crippen LogP contribution in [0.2, 0.25) is 0 Å². The molecule has 0 saturated heterocycles. The number of phenolic OH excluding ortho intramolecular Hbond substituents is 2. The van der Waals surface area contributed by atoms with E-state index in [0.29, 0.717) is 27.3 Å². The van der Waals surface area contributed by atoms with Gasteiger partial charge in [0, 0.05) is 27.8 Å². The van der Waals surface area contributed by atoms with Crippen LogP contribution in [0.15, 0.2) is 63.8 Å². The number of phenols is 2. The van der Waals surface area contributed by atoms with E-state index in [0.717, 1.165) is 5.56 Å². The molecule has 0 spiro atoms. The summed E-state index contributed by atoms with van der Waals surface area (Å²) < 4.78 is 10.5. The maximum absolute atomic E-state index is 12.5. The van der Waals surface area contributed by atoms with Crippen molar-refractivity contribution in [1.82, 2.24) is 0 Å². The number of carbonyl (C=O) groups excluding carboxylic acids is 1. The second-order valence-corrected chi connectivity index (χ2v) is 6.50. The Balaban J connectivity index is 1.67. The van der Waals surface area contributed by atoms with E-state index in [4.69, 9.17) is 9.15 Å². The Kier molecular flexibility index (Phi) is 4.24. The standard InChI is InChI=1S/C22H16O6/c1-12-6-7-14-13(9-20(24)28-19(14)8-12)11-27-22(26)17-10-18(23)15-4-2-3-5-16(15)21(17)25/h2-10,23,25H,11H2,1H3. The van der Waals surface area contributed by atoms with Crippen molar-refractivity contribution in [3.63, 3.8) is 0 Å². The Labute approximate surface area is 159 Å². The molecule has 0 bridgehead atoms. The zero-order valence-corrected chi connectivity index (χ0v) is 14.9. The van der Waals surface area contributed by atoms with Crippen LogP contribution in [0.5, 0.6) is 11.5 Å². The highest BCUT2D eigenvalue weighted by molar-refractivity contribution is 6.03. The van der Waals surface area contributed by atoms with Gasteiger partial charge in [-0.1, -0.05) is 36.4 Å². The summed E-state index contributed by atoms with van der Waals surface area (Å²) in [4.78, 5) is 24.3. The molecular formula is C22H16O6. The number of esters is 1. The lowest BCUT2D eigenvalue weighted by Crippen LogP contribution is -2.08. The highest BCUT2D eigenvalue weighted by Gasteiger charge is 2.19. The van der Waals surface area contributed by atoms with Crippen molar-refractivity contribution in [2.24, 2.45) is 0 Å². The van der Waals surface area contributed by atoms with Crippen LogP contribution in [0.25, 0.3) is 21.7 Å². The van der Waals surface area contributed by atoms with Gasteiger partial charge in [0.05, 0.1) is 0 Å². The second kappa shape index (κ2) is 6.74. The summed E-state index contributed by atoms with van der Waals surface area (Å²) in [5, 5.41) is 22.0. The highest BCUT2D eigenvalue weighted by Crippen LogP contribution is 2.35. The van der Waals surface area contributed by atoms with Gasteiger partial charge >= 0.3 is 11.6 Å². The molecule has 0 radical (unpaired) electrons. The Morgan fingerprint density at radius 2 is 1.75 bits per heavy atom. The summed E-state index contributed by atoms with van der Waals surface area (Å²) in [5.41, 5.74) is 1.13. The molecule has 0 aliphatic carbocycles. The number of hydrogen-bond donors (Lipinski definition) is 2. The first-order valence-corrected chi connectivity index (χ1v) is 8.58. The summed E-state index contributed by atoms with van der Waals surface area (Å²) >= 11 is 0. The maximum atomic E-state index is 12.5. The number of carbonyl (C=O) groups is 1. The molecule has 0 unspecified atom stereocenters. The second-order valence-electron chi connectivity index (χ2n) is 6.50. The fourth-order valence-electron chi connectivity index (χ4n) is 3.17. The first-order chi connectivity index (χ1) is 13.4. The topological polar surface area (TPSA) is 97.0 Å². The fourth-order valence-corrected chi connectivity index (χ4v) is 3.17. The molecule has 3 aromatic carbocycles. The monoisotopic (exact) mass is 376 g/mol. The molecule has 4 aromatic rings. The van der Waals surface area contributed by atoms with Gasteiger partial charge in [0.2, 0.25) is 0 Å². The van der Waals surface area contributed by atoms with Gasteiger partial charge < -0.3 is 19.4 Å². The fraction of sp³-hybridized carbons (Fsp3) is 0.0909. The molecule has 1 heterocycles. The third-order valence-electron chi connectivity index (χ3n) is 4.56. The first kappa shape index (κ1) is 17.6. The van der Waals surface area contributed by atoms with Crippen LogP contribution < -0.4 is 5.63 Å². The van der Waals surface area contributed by atoms with Gasteiger partial charge in [-0.2, -0.15) is 0 Å². The van der Waals surface area contributed by atoms with Gasteiger partial charge in [-0.3, -0.25) is 0 Å². The Morgan fingerprint density at radius 1 is 1.00 bits per heavy atom. The van der Waals surface area contributed by atoms with E-state index in [1.54, 1.807) is 36.4 Å². The van der Waals surface area contributed by atoms with Gasteiger partial charge in [-0.15, -0.1) is 0 Å². The summed E-state index contributed by atoms with van der Waals surface area (Å²) in [6.45, 7) is 1.69. The van der Waals surface area contributed by atoms with Crippen LogP contribution in [0.4, 0.5) is 0 Å². The van der Waals surface area contributed by atoms with Gasteiger partial charge in [-0.05, 0) is 24.6 Å². The van der Waals surface area contributed by atoms with E-state index >= 15 is 0 Å². The van der Waals surface area contributed by atoms with Crippen LogP contribution in [0, 0.1) is 6.92 Å². The van der Waals surface area contributed by atoms with E-state index in [2.05, 4.69) is 0 Å². The molecule has 4 rings (SSSR count). The van der Waals surface area contributed by atoms with Gasteiger partial charge in [0.1, 0.15) is 29.3 Å². The van der Waals surface area contributed by atoms with Crippen molar-refractivity contribution in [2.75, 3.05) is 0 Å². The molecule has 0 fully saturated rings. The van der Waals surface area contributed by atoms with Crippen molar-refractivity contribution in [3.05, 3.63) is 81.7 Å². The van der Waals surface area contributed by atoms with Crippen molar-refractivity contribution >= 4 is 27.7 Å². The molecule has 6 nitrogen and oxygen atoms in total. The van der Waals surface area contributed by atoms with Crippen molar-refractivity contribution in [3.8, 4) is 11.5 Å². The van der Waals surface area contributed by atoms with Crippen molar-refractivity contribution in [2.45, 2.75) is 13.5 Å². The maximum Gasteiger partial charge on any atom is 0.342 e. The molecule has 28 heavy (non-hydrogen) atoms. The first-order valence-electron chi connectivity index (χ1n) is 8.58. The Hall–Kier alpha value is -3.80. The number of aromatic hydroxyl groups is 2. The molecule has 0 saturated carbocycles. The quantitative estimate of drug-likeness (QED) is 0.318. The van der Waals surface area contributed by atoms with Crippen LogP contribution >= 0.6 is 0 Å². The van der Waals surface area contributed by atoms with Crippen LogP contribution in [-0.4, -0.2) is 16.2 Å². The molecule has 2 N–H and O–H groups in total. The summed E-state index contributed by atoms with van der Waals surface area (Å²) in [7, 11) is 0. The Morgan fingerprint density at radius 3 is 2.54 bits per heavy atom. The average molecular weight is 376 g/mol. The summed E-state index contributed by atoms with van der Waals surface area (Å²) in [6, 6.07) is 14.5. The zero-order chi connectivity index (χ0) is 19.8. The van der Waals surface area contributed by atoms with E-state index in [9.17, 15) is 19.8 Å². The molecular weight excluding hydrogens is 360 g/mol. The van der Waals surface area contributed by atoms with Crippen molar-refractivity contribution < 1.29 is 24.2 Å². The lowest BCUT2D eigenvalue weighted by atomic mass is 10.0. The van der Waals surface area contributed by atoms with Gasteiger partial charge in [0.15, 0.2) is 0 Å². The predicted octanol–water partition coefficient (Wildman–Crippen LogP) is 4.02. The minimum atomic E-state index is -0.813. The average Bonchev–Trinajstić information content (AvgIpc) is 2.68. The van der Waals surface area contributed by atoms with E-state index in [-0.39, 0.29) is 23.7 Å². The predicted molar refractivity (Wildman–Crippen MR) is 104 cm³/mol. The van der Waals surface area contributed by atoms with Crippen molar-refractivity contribution in [1.29, 1.82) is 0 Å². The molecule has 0 aliphatic heterocycles. The lowest BCUT2D eigenvalue weighted by molar-refractivity contribution is 0.0470. The van der Waals surface area contributed by atoms with E-state index < -0.39 is 11.6 Å². The molecule has 6 heteroatoms. The third kappa shape index (κ3) is 3.05. The van der Waals surface area contributed by atoms with E-state index in [1.165, 1.54) is 12.1 Å². The highest BCUT2D eigenvalue weighted by atomic mass is 16.5. The molecule has 1 aromatic heterocycles. The van der Waals surface area contributed by atoms with Crippen LogP contribution in [0.1, 0.15) is 21.5 Å². The molecule has 0 atom stereocenters. The number of benzene rings is 3. The molecule has 140 valence electrons. The Bertz CT molecular complexity index is 1290. The largest absolute Gasteiger partial charge is 0.507 e. The minimum absolute atomic E-state index is 0.137. The number of ether oxygens (including phenoxy) is 1. The molecule has 0 amide bonds. The van der Waals surface area contributed by atoms with Crippen LogP contribution in [-0.2, 0) is 11.3 Å². The summed E-state index contributed by atoms with van der Waals surface area (Å²) in [5.74, 6) is -1.22. The minimum Gasteiger partial charge on any atom is -0.507 e. The zero-order valence-electron chi connectivity index (χ0n) is 14.9. The third-order valence-corrected chi connectivity index (χ3v) is 4.56. The number of hydrogen-bond acceptors (Lipinski definition) is 6. The number of aryl methyl sites for hydroxylation is 1. The summed E-state index contributed by atoms with van der Waals surface area (Å²) in [6.07, 6.45) is 0.